The lowest BCUT2D eigenvalue weighted by atomic mass is 10.2. The molecular weight excluding hydrogens is 330 g/mol. The van der Waals surface area contributed by atoms with Crippen molar-refractivity contribution >= 4 is 23.6 Å². The molecule has 8 nitrogen and oxygen atoms in total. The van der Waals surface area contributed by atoms with Crippen LogP contribution in [-0.2, 0) is 27.3 Å². The van der Waals surface area contributed by atoms with Gasteiger partial charge in [0.05, 0.1) is 19.0 Å². The maximum Gasteiger partial charge on any atom is 0.233 e. The number of nitrogens with zero attached hydrogens (tertiary/aromatic N) is 4. The summed E-state index contributed by atoms with van der Waals surface area (Å²) in [5.74, 6) is 1.20. The molecule has 134 valence electrons. The van der Waals surface area contributed by atoms with Crippen molar-refractivity contribution in [2.24, 2.45) is 11.7 Å². The van der Waals surface area contributed by atoms with Crippen LogP contribution >= 0.6 is 11.8 Å². The highest BCUT2D eigenvalue weighted by Crippen LogP contribution is 2.20. The summed E-state index contributed by atoms with van der Waals surface area (Å²) in [5, 5.41) is 9.08. The minimum absolute atomic E-state index is 0.0843. The Morgan fingerprint density at radius 2 is 2.00 bits per heavy atom. The molecule has 0 bridgehead atoms. The highest BCUT2D eigenvalue weighted by molar-refractivity contribution is 7.99. The fourth-order valence-corrected chi connectivity index (χ4v) is 3.29. The van der Waals surface area contributed by atoms with Crippen molar-refractivity contribution in [3.05, 3.63) is 5.82 Å². The first-order valence-electron chi connectivity index (χ1n) is 8.16. The summed E-state index contributed by atoms with van der Waals surface area (Å²) in [7, 11) is 0. The Morgan fingerprint density at radius 3 is 2.62 bits per heavy atom. The van der Waals surface area contributed by atoms with Crippen LogP contribution in [0.15, 0.2) is 5.16 Å². The van der Waals surface area contributed by atoms with Gasteiger partial charge in [-0.15, -0.1) is 10.2 Å². The molecule has 0 aliphatic carbocycles. The normalized spacial score (nSPS) is 15.0. The van der Waals surface area contributed by atoms with Gasteiger partial charge in [-0.3, -0.25) is 9.59 Å². The molecule has 0 atom stereocenters. The molecule has 9 heteroatoms. The van der Waals surface area contributed by atoms with Crippen molar-refractivity contribution < 1.29 is 14.3 Å². The maximum absolute atomic E-state index is 12.3. The molecule has 0 spiro atoms. The number of morpholine rings is 1. The molecule has 1 fully saturated rings. The highest BCUT2D eigenvalue weighted by Gasteiger charge is 2.20. The van der Waals surface area contributed by atoms with Gasteiger partial charge in [0.1, 0.15) is 5.82 Å². The van der Waals surface area contributed by atoms with Crippen LogP contribution in [-0.4, -0.2) is 63.5 Å². The summed E-state index contributed by atoms with van der Waals surface area (Å²) in [5.41, 5.74) is 5.22. The van der Waals surface area contributed by atoms with Crippen LogP contribution in [0.2, 0.25) is 0 Å². The summed E-state index contributed by atoms with van der Waals surface area (Å²) in [6.45, 7) is 7.42. The standard InChI is InChI=1S/C15H25N5O3S/c1-11(2)9-20-13(4-3-12(16)21)17-18-15(20)24-10-14(22)19-5-7-23-8-6-19/h11H,3-10H2,1-2H3,(H2,16,21). The Morgan fingerprint density at radius 1 is 1.29 bits per heavy atom. The molecule has 0 aromatic carbocycles. The van der Waals surface area contributed by atoms with Crippen LogP contribution in [0.3, 0.4) is 0 Å². The minimum Gasteiger partial charge on any atom is -0.378 e. The highest BCUT2D eigenvalue weighted by atomic mass is 32.2. The number of primary amides is 1. The first-order chi connectivity index (χ1) is 11.5. The number of aryl methyl sites for hydroxylation is 1. The lowest BCUT2D eigenvalue weighted by Gasteiger charge is -2.26. The second-order valence-corrected chi connectivity index (χ2v) is 7.09. The summed E-state index contributed by atoms with van der Waals surface area (Å²) in [6.07, 6.45) is 0.709. The Labute approximate surface area is 146 Å². The summed E-state index contributed by atoms with van der Waals surface area (Å²) in [4.78, 5) is 25.1. The van der Waals surface area contributed by atoms with Gasteiger partial charge >= 0.3 is 0 Å². The number of carbonyl (C=O) groups is 2. The third-order valence-electron chi connectivity index (χ3n) is 3.62. The van der Waals surface area contributed by atoms with Crippen LogP contribution in [0.25, 0.3) is 0 Å². The zero-order chi connectivity index (χ0) is 17.5. The first kappa shape index (κ1) is 18.7. The number of aromatic nitrogens is 3. The van der Waals surface area contributed by atoms with Gasteiger partial charge in [-0.25, -0.2) is 0 Å². The number of thioether (sulfide) groups is 1. The van der Waals surface area contributed by atoms with Crippen molar-refractivity contribution in [3.63, 3.8) is 0 Å². The minimum atomic E-state index is -0.356. The molecule has 2 amide bonds. The van der Waals surface area contributed by atoms with Crippen LogP contribution < -0.4 is 5.73 Å². The van der Waals surface area contributed by atoms with Crippen LogP contribution in [0, 0.1) is 5.92 Å². The van der Waals surface area contributed by atoms with Gasteiger partial charge in [0.2, 0.25) is 11.8 Å². The van der Waals surface area contributed by atoms with E-state index >= 15 is 0 Å². The molecule has 2 rings (SSSR count). The summed E-state index contributed by atoms with van der Waals surface area (Å²) in [6, 6.07) is 0. The number of hydrogen-bond acceptors (Lipinski definition) is 6. The molecule has 24 heavy (non-hydrogen) atoms. The molecule has 1 saturated heterocycles. The topological polar surface area (TPSA) is 103 Å². The van der Waals surface area contributed by atoms with Gasteiger partial charge in [-0.2, -0.15) is 0 Å². The van der Waals surface area contributed by atoms with Crippen LogP contribution in [0.4, 0.5) is 0 Å². The van der Waals surface area contributed by atoms with E-state index < -0.39 is 0 Å². The number of nitrogens with two attached hydrogens (primary N) is 1. The third kappa shape index (κ3) is 5.48. The van der Waals surface area contributed by atoms with Gasteiger partial charge in [-0.1, -0.05) is 25.6 Å². The van der Waals surface area contributed by atoms with E-state index in [1.165, 1.54) is 11.8 Å². The average molecular weight is 355 g/mol. The fourth-order valence-electron chi connectivity index (χ4n) is 2.42. The molecule has 1 aliphatic rings. The molecule has 2 heterocycles. The third-order valence-corrected chi connectivity index (χ3v) is 4.58. The molecule has 2 N–H and O–H groups in total. The first-order valence-corrected chi connectivity index (χ1v) is 9.14. The second kappa shape index (κ2) is 9.03. The van der Waals surface area contributed by atoms with E-state index in [4.69, 9.17) is 10.5 Å². The number of hydrogen-bond donors (Lipinski definition) is 1. The molecule has 1 aliphatic heterocycles. The number of ether oxygens (including phenoxy) is 1. The predicted octanol–water partition coefficient (Wildman–Crippen LogP) is 0.303. The monoisotopic (exact) mass is 355 g/mol. The van der Waals surface area contributed by atoms with Crippen LogP contribution in [0.5, 0.6) is 0 Å². The largest absolute Gasteiger partial charge is 0.378 e. The van der Waals surface area contributed by atoms with Crippen molar-refractivity contribution in [1.82, 2.24) is 19.7 Å². The average Bonchev–Trinajstić information content (AvgIpc) is 2.92. The zero-order valence-corrected chi connectivity index (χ0v) is 15.0. The zero-order valence-electron chi connectivity index (χ0n) is 14.2. The molecule has 0 unspecified atom stereocenters. The quantitative estimate of drug-likeness (QED) is 0.673. The van der Waals surface area contributed by atoms with E-state index in [1.807, 2.05) is 9.47 Å². The smallest absolute Gasteiger partial charge is 0.233 e. The van der Waals surface area contributed by atoms with E-state index in [0.717, 1.165) is 12.4 Å². The number of carbonyl (C=O) groups excluding carboxylic acids is 2. The predicted molar refractivity (Wildman–Crippen MR) is 90.5 cm³/mol. The summed E-state index contributed by atoms with van der Waals surface area (Å²) >= 11 is 1.39. The SMILES string of the molecule is CC(C)Cn1c(CCC(N)=O)nnc1SCC(=O)N1CCOCC1. The van der Waals surface area contributed by atoms with Gasteiger partial charge in [0, 0.05) is 32.5 Å². The Kier molecular flexibility index (Phi) is 7.04. The fraction of sp³-hybridized carbons (Fsp3) is 0.733. The van der Waals surface area contributed by atoms with E-state index in [9.17, 15) is 9.59 Å². The molecule has 0 radical (unpaired) electrons. The molecule has 0 saturated carbocycles. The lowest BCUT2D eigenvalue weighted by Crippen LogP contribution is -2.41. The molecule has 1 aromatic heterocycles. The molecule has 1 aromatic rings. The van der Waals surface area contributed by atoms with Crippen molar-refractivity contribution in [2.75, 3.05) is 32.1 Å². The van der Waals surface area contributed by atoms with E-state index in [-0.39, 0.29) is 18.2 Å². The second-order valence-electron chi connectivity index (χ2n) is 6.15. The van der Waals surface area contributed by atoms with Crippen molar-refractivity contribution in [1.29, 1.82) is 0 Å². The Balaban J connectivity index is 1.99. The van der Waals surface area contributed by atoms with E-state index in [2.05, 4.69) is 24.0 Å². The van der Waals surface area contributed by atoms with Crippen molar-refractivity contribution in [2.45, 2.75) is 38.4 Å². The van der Waals surface area contributed by atoms with Gasteiger partial charge in [0.15, 0.2) is 5.16 Å². The Hall–Kier alpha value is -1.61. The number of rotatable bonds is 8. The van der Waals surface area contributed by atoms with Crippen LogP contribution in [0.1, 0.15) is 26.1 Å². The van der Waals surface area contributed by atoms with Gasteiger partial charge in [0.25, 0.3) is 0 Å². The van der Waals surface area contributed by atoms with Gasteiger partial charge < -0.3 is 19.9 Å². The lowest BCUT2D eigenvalue weighted by molar-refractivity contribution is -0.132. The number of amides is 2. The maximum atomic E-state index is 12.3. The van der Waals surface area contributed by atoms with Crippen molar-refractivity contribution in [3.8, 4) is 0 Å². The van der Waals surface area contributed by atoms with E-state index in [0.29, 0.717) is 49.6 Å². The Bertz CT molecular complexity index is 569. The van der Waals surface area contributed by atoms with Gasteiger partial charge in [-0.05, 0) is 5.92 Å². The molecular formula is C15H25N5O3S. The summed E-state index contributed by atoms with van der Waals surface area (Å²) < 4.78 is 7.25. The van der Waals surface area contributed by atoms with E-state index in [1.54, 1.807) is 0 Å².